The summed E-state index contributed by atoms with van der Waals surface area (Å²) in [4.78, 5) is 29.0. The molecule has 0 amide bonds. The molecule has 0 bridgehead atoms. The summed E-state index contributed by atoms with van der Waals surface area (Å²) in [5.74, 6) is -1.03. The fourth-order valence-electron chi connectivity index (χ4n) is 2.68. The van der Waals surface area contributed by atoms with Gasteiger partial charge in [-0.15, -0.1) is 0 Å². The summed E-state index contributed by atoms with van der Waals surface area (Å²) in [6, 6.07) is 3.32. The van der Waals surface area contributed by atoms with Crippen LogP contribution < -0.4 is 5.56 Å². The van der Waals surface area contributed by atoms with Crippen molar-refractivity contribution in [3.05, 3.63) is 39.3 Å². The van der Waals surface area contributed by atoms with Gasteiger partial charge in [-0.2, -0.15) is 0 Å². The molecule has 1 heterocycles. The molecule has 154 valence electrons. The average molecular weight is 396 g/mol. The molecule has 5 N–H and O–H groups in total. The molecule has 1 aromatic heterocycles. The van der Waals surface area contributed by atoms with Gasteiger partial charge in [0.1, 0.15) is 24.9 Å². The van der Waals surface area contributed by atoms with Crippen LogP contribution in [0.5, 0.6) is 0 Å². The number of carbonyl (C=O) groups excluding carboxylic acids is 1. The van der Waals surface area contributed by atoms with E-state index in [1.165, 1.54) is 0 Å². The topological polar surface area (TPSA) is 162 Å². The largest absolute Gasteiger partial charge is 0.458 e. The Morgan fingerprint density at radius 2 is 1.79 bits per heavy atom. The van der Waals surface area contributed by atoms with Gasteiger partial charge in [-0.3, -0.25) is 4.79 Å². The summed E-state index contributed by atoms with van der Waals surface area (Å²) in [5, 5.41) is 47.3. The Morgan fingerprint density at radius 3 is 2.39 bits per heavy atom. The lowest BCUT2D eigenvalue weighted by atomic mass is 10.1. The van der Waals surface area contributed by atoms with E-state index in [-0.39, 0.29) is 6.61 Å². The molecule has 10 heteroatoms. The van der Waals surface area contributed by atoms with Crippen molar-refractivity contribution in [1.29, 1.82) is 0 Å². The number of esters is 1. The molecule has 2 rings (SSSR count). The van der Waals surface area contributed by atoms with Gasteiger partial charge >= 0.3 is 5.97 Å². The Balaban J connectivity index is 2.60. The minimum atomic E-state index is -1.71. The first-order chi connectivity index (χ1) is 13.2. The third kappa shape index (κ3) is 4.54. The maximum Gasteiger partial charge on any atom is 0.362 e. The van der Waals surface area contributed by atoms with Crippen LogP contribution in [0.2, 0.25) is 0 Å². The lowest BCUT2D eigenvalue weighted by Gasteiger charge is -2.23. The maximum atomic E-state index is 12.8. The van der Waals surface area contributed by atoms with E-state index in [0.29, 0.717) is 11.0 Å². The highest BCUT2D eigenvalue weighted by Gasteiger charge is 2.27. The number of benzene rings is 1. The van der Waals surface area contributed by atoms with Gasteiger partial charge in [0.25, 0.3) is 5.56 Å². The number of fused-ring (bicyclic) bond motifs is 1. The molecule has 0 saturated heterocycles. The van der Waals surface area contributed by atoms with Crippen LogP contribution in [0, 0.1) is 13.8 Å². The van der Waals surface area contributed by atoms with Gasteiger partial charge < -0.3 is 34.8 Å². The number of nitrogens with zero attached hydrogens (tertiary/aromatic N) is 2. The third-order valence-corrected chi connectivity index (χ3v) is 4.42. The number of carbonyl (C=O) groups is 1. The summed E-state index contributed by atoms with van der Waals surface area (Å²) in [7, 11) is 0. The van der Waals surface area contributed by atoms with Gasteiger partial charge in [0.05, 0.1) is 30.8 Å². The second kappa shape index (κ2) is 9.22. The Labute approximate surface area is 160 Å². The standard InChI is InChI=1S/C18H24N2O8/c1-9-5-11-12(6-10(9)2)20(7-13(23)16(25)14(24)8-22)17(26)15(19-11)18(27)28-4-3-21/h5-6,13-14,16,21-25H,3-4,7-8H2,1-2H3/t13-,14+,16-/m0/s1. The molecule has 10 nitrogen and oxygen atoms in total. The van der Waals surface area contributed by atoms with Gasteiger partial charge in [0.15, 0.2) is 0 Å². The highest BCUT2D eigenvalue weighted by molar-refractivity contribution is 5.89. The number of aromatic nitrogens is 2. The summed E-state index contributed by atoms with van der Waals surface area (Å²) in [5.41, 5.74) is 0.913. The Hall–Kier alpha value is -2.37. The molecule has 1 aromatic carbocycles. The second-order valence-electron chi connectivity index (χ2n) is 6.47. The van der Waals surface area contributed by atoms with Crippen molar-refractivity contribution in [2.75, 3.05) is 19.8 Å². The predicted molar refractivity (Wildman–Crippen MR) is 98.0 cm³/mol. The lowest BCUT2D eigenvalue weighted by Crippen LogP contribution is -2.43. The third-order valence-electron chi connectivity index (χ3n) is 4.42. The Kier molecular flexibility index (Phi) is 7.22. The number of aryl methyl sites for hydroxylation is 2. The van der Waals surface area contributed by atoms with Gasteiger partial charge in [-0.1, -0.05) is 0 Å². The van der Waals surface area contributed by atoms with E-state index >= 15 is 0 Å². The fraction of sp³-hybridized carbons (Fsp3) is 0.500. The summed E-state index contributed by atoms with van der Waals surface area (Å²) < 4.78 is 5.83. The normalized spacial score (nSPS) is 14.7. The number of aliphatic hydroxyl groups is 5. The summed E-state index contributed by atoms with van der Waals surface area (Å²) in [6.45, 7) is 1.67. The number of aliphatic hydroxyl groups excluding tert-OH is 5. The molecule has 0 radical (unpaired) electrons. The zero-order chi connectivity index (χ0) is 21.0. The molecule has 0 aliphatic heterocycles. The van der Waals surface area contributed by atoms with Crippen molar-refractivity contribution in [3.8, 4) is 0 Å². The molecule has 3 atom stereocenters. The van der Waals surface area contributed by atoms with Crippen LogP contribution in [-0.2, 0) is 11.3 Å². The first-order valence-corrected chi connectivity index (χ1v) is 8.66. The highest BCUT2D eigenvalue weighted by Crippen LogP contribution is 2.18. The molecular formula is C18H24N2O8. The fourth-order valence-corrected chi connectivity index (χ4v) is 2.68. The van der Waals surface area contributed by atoms with E-state index in [1.807, 2.05) is 13.8 Å². The molecule has 0 aliphatic rings. The molecule has 0 unspecified atom stereocenters. The maximum absolute atomic E-state index is 12.8. The van der Waals surface area contributed by atoms with Crippen LogP contribution in [-0.4, -0.2) is 79.2 Å². The van der Waals surface area contributed by atoms with Gasteiger partial charge in [0, 0.05) is 0 Å². The Morgan fingerprint density at radius 1 is 1.14 bits per heavy atom. The van der Waals surface area contributed by atoms with Crippen LogP contribution in [0.15, 0.2) is 16.9 Å². The van der Waals surface area contributed by atoms with Crippen LogP contribution in [0.3, 0.4) is 0 Å². The Bertz CT molecular complexity index is 911. The van der Waals surface area contributed by atoms with E-state index in [0.717, 1.165) is 15.7 Å². The molecule has 2 aromatic rings. The van der Waals surface area contributed by atoms with Gasteiger partial charge in [0.2, 0.25) is 5.69 Å². The number of hydrogen-bond donors (Lipinski definition) is 5. The molecule has 0 aliphatic carbocycles. The zero-order valence-corrected chi connectivity index (χ0v) is 15.6. The zero-order valence-electron chi connectivity index (χ0n) is 15.6. The first kappa shape index (κ1) is 21.9. The van der Waals surface area contributed by atoms with Crippen molar-refractivity contribution in [3.63, 3.8) is 0 Å². The van der Waals surface area contributed by atoms with E-state index in [9.17, 15) is 24.9 Å². The van der Waals surface area contributed by atoms with Crippen molar-refractivity contribution >= 4 is 17.0 Å². The molecule has 28 heavy (non-hydrogen) atoms. The minimum Gasteiger partial charge on any atom is -0.458 e. The summed E-state index contributed by atoms with van der Waals surface area (Å²) >= 11 is 0. The van der Waals surface area contributed by atoms with Crippen LogP contribution >= 0.6 is 0 Å². The predicted octanol–water partition coefficient (Wildman–Crippen LogP) is -1.76. The molecule has 0 saturated carbocycles. The van der Waals surface area contributed by atoms with Crippen LogP contribution in [0.25, 0.3) is 11.0 Å². The number of ether oxygens (including phenoxy) is 1. The van der Waals surface area contributed by atoms with E-state index in [1.54, 1.807) is 12.1 Å². The van der Waals surface area contributed by atoms with Crippen molar-refractivity contribution in [1.82, 2.24) is 9.55 Å². The van der Waals surface area contributed by atoms with Crippen molar-refractivity contribution in [2.45, 2.75) is 38.7 Å². The number of hydrogen-bond acceptors (Lipinski definition) is 9. The minimum absolute atomic E-state index is 0.294. The van der Waals surface area contributed by atoms with Gasteiger partial charge in [-0.25, -0.2) is 9.78 Å². The smallest absolute Gasteiger partial charge is 0.362 e. The van der Waals surface area contributed by atoms with Crippen LogP contribution in [0.1, 0.15) is 21.6 Å². The molecule has 0 fully saturated rings. The quantitative estimate of drug-likeness (QED) is 0.325. The highest BCUT2D eigenvalue weighted by atomic mass is 16.5. The van der Waals surface area contributed by atoms with Crippen molar-refractivity contribution in [2.24, 2.45) is 0 Å². The van der Waals surface area contributed by atoms with E-state index in [2.05, 4.69) is 4.98 Å². The lowest BCUT2D eigenvalue weighted by molar-refractivity contribution is -0.0805. The average Bonchev–Trinajstić information content (AvgIpc) is 2.68. The second-order valence-corrected chi connectivity index (χ2v) is 6.47. The molecule has 0 spiro atoms. The van der Waals surface area contributed by atoms with Gasteiger partial charge in [-0.05, 0) is 37.1 Å². The number of rotatable bonds is 8. The molecular weight excluding hydrogens is 372 g/mol. The van der Waals surface area contributed by atoms with Crippen LogP contribution in [0.4, 0.5) is 0 Å². The monoisotopic (exact) mass is 396 g/mol. The van der Waals surface area contributed by atoms with E-state index in [4.69, 9.17) is 14.9 Å². The first-order valence-electron chi connectivity index (χ1n) is 8.66. The van der Waals surface area contributed by atoms with E-state index < -0.39 is 55.3 Å². The van der Waals surface area contributed by atoms with Crippen molar-refractivity contribution < 1.29 is 35.1 Å². The SMILES string of the molecule is Cc1cc2nc(C(=O)OCCO)c(=O)n(C[C@H](O)[C@H](O)[C@H](O)CO)c2cc1C. The summed E-state index contributed by atoms with van der Waals surface area (Å²) in [6.07, 6.45) is -4.92.